The molecular formula is C40H59N3O3. The highest BCUT2D eigenvalue weighted by atomic mass is 16.5. The first-order valence-corrected chi connectivity index (χ1v) is 18.4. The Morgan fingerprint density at radius 3 is 2.15 bits per heavy atom. The number of ether oxygens (including phenoxy) is 2. The van der Waals surface area contributed by atoms with E-state index >= 15 is 0 Å². The van der Waals surface area contributed by atoms with Gasteiger partial charge in [-0.1, -0.05) is 34.1 Å². The quantitative estimate of drug-likeness (QED) is 0.171. The predicted molar refractivity (Wildman–Crippen MR) is 187 cm³/mol. The molecule has 0 heterocycles. The van der Waals surface area contributed by atoms with Gasteiger partial charge in [0.15, 0.2) is 0 Å². The van der Waals surface area contributed by atoms with E-state index in [0.717, 1.165) is 79.8 Å². The highest BCUT2D eigenvalue weighted by molar-refractivity contribution is 5.75. The number of anilines is 2. The van der Waals surface area contributed by atoms with Crippen LogP contribution in [0.5, 0.6) is 11.5 Å². The van der Waals surface area contributed by atoms with Crippen molar-refractivity contribution in [2.24, 2.45) is 46.3 Å². The minimum atomic E-state index is 0.151. The number of amides is 1. The Labute approximate surface area is 277 Å². The lowest BCUT2D eigenvalue weighted by atomic mass is 9.43. The number of rotatable bonds is 11. The van der Waals surface area contributed by atoms with Crippen LogP contribution in [0.25, 0.3) is 0 Å². The van der Waals surface area contributed by atoms with Crippen molar-refractivity contribution >= 4 is 17.3 Å². The molecule has 6 nitrogen and oxygen atoms in total. The lowest BCUT2D eigenvalue weighted by Crippen LogP contribution is -2.59. The third-order valence-corrected chi connectivity index (χ3v) is 13.4. The molecule has 0 saturated heterocycles. The van der Waals surface area contributed by atoms with Crippen LogP contribution in [-0.4, -0.2) is 24.7 Å². The molecule has 4 aliphatic carbocycles. The molecular weight excluding hydrogens is 570 g/mol. The summed E-state index contributed by atoms with van der Waals surface area (Å²) in [7, 11) is 0. The molecule has 10 atom stereocenters. The minimum absolute atomic E-state index is 0.151. The van der Waals surface area contributed by atoms with Gasteiger partial charge in [0.05, 0.1) is 6.10 Å². The van der Waals surface area contributed by atoms with Gasteiger partial charge in [-0.3, -0.25) is 4.79 Å². The van der Waals surface area contributed by atoms with Crippen LogP contribution in [-0.2, 0) is 4.79 Å². The number of unbranched alkanes of at least 4 members (excludes halogenated alkanes) is 1. The van der Waals surface area contributed by atoms with Gasteiger partial charge in [0.1, 0.15) is 17.6 Å². The van der Waals surface area contributed by atoms with Crippen LogP contribution in [0.15, 0.2) is 48.5 Å². The zero-order chi connectivity index (χ0) is 32.5. The Balaban J connectivity index is 1.20. The molecule has 1 amide bonds. The summed E-state index contributed by atoms with van der Waals surface area (Å²) < 4.78 is 13.6. The third-order valence-electron chi connectivity index (χ3n) is 13.4. The van der Waals surface area contributed by atoms with E-state index in [1.165, 1.54) is 32.1 Å². The van der Waals surface area contributed by atoms with Crippen LogP contribution in [0.1, 0.15) is 105 Å². The first kappa shape index (κ1) is 33.0. The Kier molecular flexibility index (Phi) is 9.83. The molecule has 4 saturated carbocycles. The largest absolute Gasteiger partial charge is 0.490 e. The molecule has 4 fully saturated rings. The number of nitrogen functional groups attached to an aromatic ring is 2. The molecule has 2 aromatic rings. The Morgan fingerprint density at radius 2 is 1.48 bits per heavy atom. The number of hydrogen-bond donors (Lipinski definition) is 3. The topological polar surface area (TPSA) is 99.6 Å². The van der Waals surface area contributed by atoms with E-state index in [0.29, 0.717) is 35.5 Å². The second-order valence-corrected chi connectivity index (χ2v) is 16.0. The lowest BCUT2D eigenvalue weighted by Gasteiger charge is -2.63. The average Bonchev–Trinajstić information content (AvgIpc) is 3.40. The number of carbonyl (C=O) groups excluding carboxylic acids is 1. The van der Waals surface area contributed by atoms with Crippen molar-refractivity contribution < 1.29 is 14.3 Å². The average molecular weight is 630 g/mol. The summed E-state index contributed by atoms with van der Waals surface area (Å²) in [6.07, 6.45) is 13.8. The normalized spacial score (nSPS) is 35.7. The first-order chi connectivity index (χ1) is 22.1. The Bertz CT molecular complexity index is 1310. The molecule has 0 spiro atoms. The minimum Gasteiger partial charge on any atom is -0.490 e. The van der Waals surface area contributed by atoms with Gasteiger partial charge in [-0.05, 0) is 153 Å². The summed E-state index contributed by atoms with van der Waals surface area (Å²) in [5.41, 5.74) is 14.1. The van der Waals surface area contributed by atoms with Crippen molar-refractivity contribution in [2.75, 3.05) is 18.0 Å². The summed E-state index contributed by atoms with van der Waals surface area (Å²) in [4.78, 5) is 12.6. The second-order valence-electron chi connectivity index (χ2n) is 16.0. The molecule has 252 valence electrons. The summed E-state index contributed by atoms with van der Waals surface area (Å²) in [5, 5.41) is 3.14. The number of carbonyl (C=O) groups is 1. The van der Waals surface area contributed by atoms with Gasteiger partial charge >= 0.3 is 0 Å². The number of nitrogens with two attached hydrogens (primary N) is 2. The SMILES string of the molecule is CCCCNC(=O)CC[C@@H](C)[C@H]1CC[C@H]2[C@@H]3CC(Oc4ccc(N)cc4)C4CC(Oc5ccc(N)cc5)CC[C@]4(C)[C@H]3CC[C@]12C. The summed E-state index contributed by atoms with van der Waals surface area (Å²) in [6, 6.07) is 15.9. The van der Waals surface area contributed by atoms with Crippen molar-refractivity contribution in [3.63, 3.8) is 0 Å². The van der Waals surface area contributed by atoms with Gasteiger partial charge in [0.25, 0.3) is 0 Å². The molecule has 2 aromatic carbocycles. The molecule has 0 radical (unpaired) electrons. The Morgan fingerprint density at radius 1 is 0.848 bits per heavy atom. The van der Waals surface area contributed by atoms with E-state index in [1.807, 2.05) is 48.5 Å². The van der Waals surface area contributed by atoms with E-state index in [9.17, 15) is 4.79 Å². The van der Waals surface area contributed by atoms with E-state index in [2.05, 4.69) is 33.0 Å². The molecule has 6 heteroatoms. The van der Waals surface area contributed by atoms with Gasteiger partial charge in [-0.15, -0.1) is 0 Å². The van der Waals surface area contributed by atoms with E-state index in [-0.39, 0.29) is 23.5 Å². The van der Waals surface area contributed by atoms with Gasteiger partial charge < -0.3 is 26.3 Å². The van der Waals surface area contributed by atoms with Crippen LogP contribution in [0.4, 0.5) is 11.4 Å². The van der Waals surface area contributed by atoms with E-state index in [4.69, 9.17) is 20.9 Å². The number of fused-ring (bicyclic) bond motifs is 5. The van der Waals surface area contributed by atoms with Crippen LogP contribution in [0.3, 0.4) is 0 Å². The lowest BCUT2D eigenvalue weighted by molar-refractivity contribution is -0.164. The second kappa shape index (κ2) is 13.7. The molecule has 0 aliphatic heterocycles. The predicted octanol–water partition coefficient (Wildman–Crippen LogP) is 8.65. The third kappa shape index (κ3) is 6.60. The molecule has 4 aliphatic rings. The van der Waals surface area contributed by atoms with Crippen LogP contribution in [0.2, 0.25) is 0 Å². The fraction of sp³-hybridized carbons (Fsp3) is 0.675. The fourth-order valence-electron chi connectivity index (χ4n) is 11.0. The maximum Gasteiger partial charge on any atom is 0.220 e. The molecule has 0 bridgehead atoms. The maximum absolute atomic E-state index is 12.6. The molecule has 0 aromatic heterocycles. The molecule has 3 unspecified atom stereocenters. The van der Waals surface area contributed by atoms with Crippen molar-refractivity contribution in [2.45, 2.75) is 117 Å². The summed E-state index contributed by atoms with van der Waals surface area (Å²) in [6.45, 7) is 10.6. The molecule has 6 rings (SSSR count). The van der Waals surface area contributed by atoms with E-state index in [1.54, 1.807) is 0 Å². The zero-order valence-electron chi connectivity index (χ0n) is 28.8. The summed E-state index contributed by atoms with van der Waals surface area (Å²) >= 11 is 0. The standard InChI is InChI=1S/C40H59N3O3/c1-5-6-23-43-38(44)18-7-26(2)33-16-17-34-32-25-37(46-30-14-10-28(42)11-15-30)36-24-31(45-29-12-8-27(41)9-13-29)19-21-40(36,4)35(32)20-22-39(33,34)3/h8-15,26,31-37H,5-7,16-25,41-42H2,1-4H3,(H,43,44)/t26-,31?,32+,33-,34+,35+,36?,37?,39-,40-/m1/s1. The van der Waals surface area contributed by atoms with Gasteiger partial charge in [-0.25, -0.2) is 0 Å². The van der Waals surface area contributed by atoms with Crippen LogP contribution < -0.4 is 26.3 Å². The highest BCUT2D eigenvalue weighted by Gasteiger charge is 2.63. The van der Waals surface area contributed by atoms with Crippen molar-refractivity contribution in [1.82, 2.24) is 5.32 Å². The first-order valence-electron chi connectivity index (χ1n) is 18.4. The van der Waals surface area contributed by atoms with Crippen molar-refractivity contribution in [3.8, 4) is 11.5 Å². The van der Waals surface area contributed by atoms with Gasteiger partial charge in [-0.2, -0.15) is 0 Å². The van der Waals surface area contributed by atoms with Crippen molar-refractivity contribution in [3.05, 3.63) is 48.5 Å². The Hall–Kier alpha value is -2.89. The van der Waals surface area contributed by atoms with Crippen LogP contribution >= 0.6 is 0 Å². The van der Waals surface area contributed by atoms with Gasteiger partial charge in [0.2, 0.25) is 5.91 Å². The monoisotopic (exact) mass is 629 g/mol. The van der Waals surface area contributed by atoms with E-state index < -0.39 is 0 Å². The van der Waals surface area contributed by atoms with Crippen LogP contribution in [0, 0.1) is 46.3 Å². The number of hydrogen-bond acceptors (Lipinski definition) is 5. The summed E-state index contributed by atoms with van der Waals surface area (Å²) in [5.74, 6) is 5.86. The smallest absolute Gasteiger partial charge is 0.220 e. The fourth-order valence-corrected chi connectivity index (χ4v) is 11.0. The highest BCUT2D eigenvalue weighted by Crippen LogP contribution is 2.68. The number of nitrogens with one attached hydrogen (secondary N) is 1. The molecule has 46 heavy (non-hydrogen) atoms. The molecule has 5 N–H and O–H groups in total. The maximum atomic E-state index is 12.6. The van der Waals surface area contributed by atoms with Crippen molar-refractivity contribution in [1.29, 1.82) is 0 Å². The zero-order valence-corrected chi connectivity index (χ0v) is 28.8. The number of benzene rings is 2. The van der Waals surface area contributed by atoms with Gasteiger partial charge in [0, 0.05) is 30.3 Å².